The van der Waals surface area contributed by atoms with Crippen LogP contribution in [0.1, 0.15) is 32.1 Å². The number of carbonyl (C=O) groups is 2. The van der Waals surface area contributed by atoms with E-state index in [9.17, 15) is 9.59 Å². The molecule has 2 saturated heterocycles. The highest BCUT2D eigenvalue weighted by Gasteiger charge is 2.43. The van der Waals surface area contributed by atoms with Crippen LogP contribution in [0.3, 0.4) is 0 Å². The summed E-state index contributed by atoms with van der Waals surface area (Å²) in [6.07, 6.45) is 2.82. The first-order chi connectivity index (χ1) is 8.11. The molecule has 2 fully saturated rings. The van der Waals surface area contributed by atoms with Crippen LogP contribution < -0.4 is 11.1 Å². The van der Waals surface area contributed by atoms with Gasteiger partial charge in [-0.15, -0.1) is 0 Å². The lowest BCUT2D eigenvalue weighted by Crippen LogP contribution is -2.52. The van der Waals surface area contributed by atoms with Gasteiger partial charge in [0.2, 0.25) is 5.91 Å². The van der Waals surface area contributed by atoms with Crippen LogP contribution in [0.25, 0.3) is 0 Å². The summed E-state index contributed by atoms with van der Waals surface area (Å²) < 4.78 is 0. The molecule has 96 valence electrons. The fourth-order valence-electron chi connectivity index (χ4n) is 3.04. The second-order valence-electron chi connectivity index (χ2n) is 4.85. The molecule has 2 rings (SSSR count). The van der Waals surface area contributed by atoms with E-state index >= 15 is 0 Å². The Morgan fingerprint density at radius 1 is 1.29 bits per heavy atom. The number of nitrogens with one attached hydrogen (secondary N) is 1. The Balaban J connectivity index is 1.91. The lowest BCUT2D eigenvalue weighted by Gasteiger charge is -2.37. The molecule has 2 amide bonds. The number of hydrogen-bond acceptors (Lipinski definition) is 3. The van der Waals surface area contributed by atoms with Gasteiger partial charge in [-0.05, 0) is 25.7 Å². The van der Waals surface area contributed by atoms with Crippen molar-refractivity contribution in [3.8, 4) is 0 Å². The fourth-order valence-corrected chi connectivity index (χ4v) is 3.04. The van der Waals surface area contributed by atoms with E-state index in [-0.39, 0.29) is 24.0 Å². The molecule has 2 aliphatic heterocycles. The molecular formula is C11H19N3O3. The first kappa shape index (κ1) is 12.2. The highest BCUT2D eigenvalue weighted by atomic mass is 16.4. The molecule has 0 aromatic carbocycles. The molecule has 0 aliphatic carbocycles. The monoisotopic (exact) mass is 241 g/mol. The third-order valence-electron chi connectivity index (χ3n) is 3.69. The Hall–Kier alpha value is -1.30. The Bertz CT molecular complexity index is 307. The average molecular weight is 241 g/mol. The van der Waals surface area contributed by atoms with Gasteiger partial charge in [0, 0.05) is 31.1 Å². The molecular weight excluding hydrogens is 222 g/mol. The molecule has 6 heteroatoms. The number of piperidine rings is 1. The van der Waals surface area contributed by atoms with Crippen molar-refractivity contribution in [1.29, 1.82) is 0 Å². The van der Waals surface area contributed by atoms with Gasteiger partial charge in [0.25, 0.3) is 0 Å². The second kappa shape index (κ2) is 4.91. The molecule has 0 unspecified atom stereocenters. The van der Waals surface area contributed by atoms with Crippen molar-refractivity contribution in [3.05, 3.63) is 0 Å². The SMILES string of the molecule is NCCC(=O)N[C@H]1C[C@H]2CC[C@@H](C1)N2C(=O)O. The minimum atomic E-state index is -0.829. The van der Waals surface area contributed by atoms with Crippen LogP contribution >= 0.6 is 0 Å². The van der Waals surface area contributed by atoms with Gasteiger partial charge in [-0.3, -0.25) is 4.79 Å². The topological polar surface area (TPSA) is 95.7 Å². The number of carbonyl (C=O) groups excluding carboxylic acids is 1. The predicted molar refractivity (Wildman–Crippen MR) is 61.5 cm³/mol. The van der Waals surface area contributed by atoms with Gasteiger partial charge in [-0.1, -0.05) is 0 Å². The molecule has 0 saturated carbocycles. The fraction of sp³-hybridized carbons (Fsp3) is 0.818. The normalized spacial score (nSPS) is 31.4. The maximum absolute atomic E-state index is 11.4. The van der Waals surface area contributed by atoms with Gasteiger partial charge in [-0.25, -0.2) is 4.79 Å². The van der Waals surface area contributed by atoms with Gasteiger partial charge in [0.15, 0.2) is 0 Å². The van der Waals surface area contributed by atoms with Crippen LogP contribution in [0.15, 0.2) is 0 Å². The van der Waals surface area contributed by atoms with Gasteiger partial charge < -0.3 is 21.1 Å². The van der Waals surface area contributed by atoms with Crippen LogP contribution in [0.2, 0.25) is 0 Å². The quantitative estimate of drug-likeness (QED) is 0.654. The summed E-state index contributed by atoms with van der Waals surface area (Å²) in [5.74, 6) is -0.0272. The number of amides is 2. The maximum atomic E-state index is 11.4. The van der Waals surface area contributed by atoms with E-state index in [0.29, 0.717) is 13.0 Å². The molecule has 2 aliphatic rings. The number of fused-ring (bicyclic) bond motifs is 2. The molecule has 2 heterocycles. The molecule has 4 N–H and O–H groups in total. The summed E-state index contributed by atoms with van der Waals surface area (Å²) in [6, 6.07) is 0.269. The zero-order chi connectivity index (χ0) is 12.4. The first-order valence-electron chi connectivity index (χ1n) is 6.12. The lowest BCUT2D eigenvalue weighted by atomic mass is 9.97. The van der Waals surface area contributed by atoms with Gasteiger partial charge >= 0.3 is 6.09 Å². The van der Waals surface area contributed by atoms with Crippen molar-refractivity contribution in [2.24, 2.45) is 5.73 Å². The molecule has 6 nitrogen and oxygen atoms in total. The number of hydrogen-bond donors (Lipinski definition) is 3. The molecule has 0 radical (unpaired) electrons. The minimum Gasteiger partial charge on any atom is -0.465 e. The van der Waals surface area contributed by atoms with Crippen molar-refractivity contribution < 1.29 is 14.7 Å². The summed E-state index contributed by atoms with van der Waals surface area (Å²) in [7, 11) is 0. The minimum absolute atomic E-state index is 0.0272. The Kier molecular flexibility index (Phi) is 3.51. The third kappa shape index (κ3) is 2.52. The number of rotatable bonds is 3. The summed E-state index contributed by atoms with van der Waals surface area (Å²) in [5.41, 5.74) is 5.32. The van der Waals surface area contributed by atoms with Gasteiger partial charge in [0.05, 0.1) is 0 Å². The second-order valence-corrected chi connectivity index (χ2v) is 4.85. The van der Waals surface area contributed by atoms with Gasteiger partial charge in [0.1, 0.15) is 0 Å². The van der Waals surface area contributed by atoms with E-state index in [1.54, 1.807) is 4.90 Å². The predicted octanol–water partition coefficient (Wildman–Crippen LogP) is 0.125. The van der Waals surface area contributed by atoms with E-state index < -0.39 is 6.09 Å². The Morgan fingerprint density at radius 2 is 1.88 bits per heavy atom. The zero-order valence-electron chi connectivity index (χ0n) is 9.76. The van der Waals surface area contributed by atoms with Crippen molar-refractivity contribution in [3.63, 3.8) is 0 Å². The zero-order valence-corrected chi connectivity index (χ0v) is 9.76. The number of nitrogens with two attached hydrogens (primary N) is 1. The van der Waals surface area contributed by atoms with Crippen molar-refractivity contribution in [2.75, 3.05) is 6.54 Å². The standard InChI is InChI=1S/C11H19N3O3/c12-4-3-10(15)13-7-5-8-1-2-9(6-7)14(8)11(16)17/h7-9H,1-6,12H2,(H,13,15)(H,16,17)/t7-,8+,9-. The molecule has 0 spiro atoms. The maximum Gasteiger partial charge on any atom is 0.407 e. The molecule has 3 atom stereocenters. The summed E-state index contributed by atoms with van der Waals surface area (Å²) in [6.45, 7) is 0.354. The summed E-state index contributed by atoms with van der Waals surface area (Å²) >= 11 is 0. The molecule has 0 aromatic rings. The van der Waals surface area contributed by atoms with E-state index in [1.807, 2.05) is 0 Å². The highest BCUT2D eigenvalue weighted by molar-refractivity contribution is 5.76. The van der Waals surface area contributed by atoms with E-state index in [4.69, 9.17) is 10.8 Å². The van der Waals surface area contributed by atoms with Crippen molar-refractivity contribution in [1.82, 2.24) is 10.2 Å². The molecule has 2 bridgehead atoms. The highest BCUT2D eigenvalue weighted by Crippen LogP contribution is 2.35. The summed E-state index contributed by atoms with van der Waals surface area (Å²) in [4.78, 5) is 24.1. The van der Waals surface area contributed by atoms with Crippen LogP contribution in [0, 0.1) is 0 Å². The first-order valence-corrected chi connectivity index (χ1v) is 6.12. The van der Waals surface area contributed by atoms with Crippen LogP contribution in [-0.2, 0) is 4.79 Å². The number of carboxylic acid groups (broad SMARTS) is 1. The van der Waals surface area contributed by atoms with Crippen molar-refractivity contribution >= 4 is 12.0 Å². The average Bonchev–Trinajstić information content (AvgIpc) is 2.51. The van der Waals surface area contributed by atoms with E-state index in [1.165, 1.54) is 0 Å². The Morgan fingerprint density at radius 3 is 2.35 bits per heavy atom. The van der Waals surface area contributed by atoms with Crippen LogP contribution in [0.4, 0.5) is 4.79 Å². The van der Waals surface area contributed by atoms with Gasteiger partial charge in [-0.2, -0.15) is 0 Å². The summed E-state index contributed by atoms with van der Waals surface area (Å²) in [5, 5.41) is 12.0. The third-order valence-corrected chi connectivity index (χ3v) is 3.69. The Labute approximate surface area is 100 Å². The van der Waals surface area contributed by atoms with Crippen molar-refractivity contribution in [2.45, 2.75) is 50.2 Å². The van der Waals surface area contributed by atoms with E-state index in [0.717, 1.165) is 25.7 Å². The molecule has 17 heavy (non-hydrogen) atoms. The van der Waals surface area contributed by atoms with Crippen LogP contribution in [-0.4, -0.2) is 46.7 Å². The largest absolute Gasteiger partial charge is 0.465 e. The van der Waals surface area contributed by atoms with Crippen LogP contribution in [0.5, 0.6) is 0 Å². The number of nitrogens with zero attached hydrogens (tertiary/aromatic N) is 1. The molecule has 0 aromatic heterocycles. The smallest absolute Gasteiger partial charge is 0.407 e. The van der Waals surface area contributed by atoms with E-state index in [2.05, 4.69) is 5.32 Å². The lowest BCUT2D eigenvalue weighted by molar-refractivity contribution is -0.122.